The summed E-state index contributed by atoms with van der Waals surface area (Å²) < 4.78 is 26.7. The lowest BCUT2D eigenvalue weighted by atomic mass is 10.0. The lowest BCUT2D eigenvalue weighted by Crippen LogP contribution is -2.14. The van der Waals surface area contributed by atoms with Crippen LogP contribution in [-0.2, 0) is 5.92 Å². The molecule has 0 aliphatic rings. The Balaban J connectivity index is 2.24. The van der Waals surface area contributed by atoms with Crippen molar-refractivity contribution < 1.29 is 13.6 Å². The molecule has 0 fully saturated rings. The third-order valence-electron chi connectivity index (χ3n) is 3.51. The first-order chi connectivity index (χ1) is 10.7. The molecule has 0 aromatic heterocycles. The summed E-state index contributed by atoms with van der Waals surface area (Å²) in [7, 11) is 0. The molecule has 0 aliphatic carbocycles. The molecule has 0 heterocycles. The zero-order valence-corrected chi connectivity index (χ0v) is 13.9. The van der Waals surface area contributed by atoms with E-state index in [-0.39, 0.29) is 17.0 Å². The van der Waals surface area contributed by atoms with Gasteiger partial charge >= 0.3 is 0 Å². The van der Waals surface area contributed by atoms with E-state index in [4.69, 9.17) is 11.6 Å². The van der Waals surface area contributed by atoms with Crippen molar-refractivity contribution in [3.63, 3.8) is 0 Å². The molecule has 122 valence electrons. The van der Waals surface area contributed by atoms with Crippen LogP contribution in [-0.4, -0.2) is 5.91 Å². The molecule has 1 N–H and O–H groups in total. The summed E-state index contributed by atoms with van der Waals surface area (Å²) in [5.74, 6) is -3.21. The SMILES string of the molecule is CC(C)c1cc(NC(=O)c2cccc(C(C)(F)F)c2)ccc1Cl. The maximum atomic E-state index is 13.4. The summed E-state index contributed by atoms with van der Waals surface area (Å²) in [6, 6.07) is 10.6. The summed E-state index contributed by atoms with van der Waals surface area (Å²) in [4.78, 5) is 12.3. The number of hydrogen-bond acceptors (Lipinski definition) is 1. The van der Waals surface area contributed by atoms with Crippen LogP contribution < -0.4 is 5.32 Å². The van der Waals surface area contributed by atoms with E-state index in [1.165, 1.54) is 24.3 Å². The van der Waals surface area contributed by atoms with Crippen LogP contribution in [0.4, 0.5) is 14.5 Å². The van der Waals surface area contributed by atoms with Crippen molar-refractivity contribution in [1.29, 1.82) is 0 Å². The van der Waals surface area contributed by atoms with Crippen LogP contribution in [0.25, 0.3) is 0 Å². The van der Waals surface area contributed by atoms with E-state index >= 15 is 0 Å². The highest BCUT2D eigenvalue weighted by atomic mass is 35.5. The predicted molar refractivity (Wildman–Crippen MR) is 89.5 cm³/mol. The number of amides is 1. The van der Waals surface area contributed by atoms with Gasteiger partial charge in [-0.1, -0.05) is 37.6 Å². The van der Waals surface area contributed by atoms with Gasteiger partial charge in [0.25, 0.3) is 11.8 Å². The molecule has 0 aliphatic heterocycles. The fraction of sp³-hybridized carbons (Fsp3) is 0.278. The van der Waals surface area contributed by atoms with Crippen LogP contribution in [0.1, 0.15) is 48.2 Å². The summed E-state index contributed by atoms with van der Waals surface area (Å²) >= 11 is 6.12. The van der Waals surface area contributed by atoms with Gasteiger partial charge in [-0.3, -0.25) is 4.79 Å². The van der Waals surface area contributed by atoms with Crippen LogP contribution in [0.5, 0.6) is 0 Å². The Morgan fingerprint density at radius 2 is 1.87 bits per heavy atom. The van der Waals surface area contributed by atoms with Gasteiger partial charge in [0.1, 0.15) is 0 Å². The lowest BCUT2D eigenvalue weighted by molar-refractivity contribution is 0.0174. The second kappa shape index (κ2) is 6.67. The molecule has 1 amide bonds. The number of carbonyl (C=O) groups is 1. The highest BCUT2D eigenvalue weighted by Gasteiger charge is 2.25. The largest absolute Gasteiger partial charge is 0.322 e. The summed E-state index contributed by atoms with van der Waals surface area (Å²) in [5.41, 5.74) is 1.49. The van der Waals surface area contributed by atoms with E-state index in [1.807, 2.05) is 13.8 Å². The van der Waals surface area contributed by atoms with Gasteiger partial charge in [-0.05, 0) is 41.8 Å². The number of alkyl halides is 2. The van der Waals surface area contributed by atoms with Crippen molar-refractivity contribution in [2.45, 2.75) is 32.6 Å². The van der Waals surface area contributed by atoms with Crippen molar-refractivity contribution in [2.75, 3.05) is 5.32 Å². The predicted octanol–water partition coefficient (Wildman–Crippen LogP) is 5.83. The molecule has 5 heteroatoms. The Labute approximate surface area is 139 Å². The normalized spacial score (nSPS) is 11.6. The molecule has 2 rings (SSSR count). The minimum Gasteiger partial charge on any atom is -0.322 e. The Morgan fingerprint density at radius 3 is 2.48 bits per heavy atom. The highest BCUT2D eigenvalue weighted by Crippen LogP contribution is 2.29. The second-order valence-electron chi connectivity index (χ2n) is 5.81. The van der Waals surface area contributed by atoms with E-state index in [0.29, 0.717) is 10.7 Å². The van der Waals surface area contributed by atoms with Crippen LogP contribution in [0.15, 0.2) is 42.5 Å². The van der Waals surface area contributed by atoms with Crippen LogP contribution >= 0.6 is 11.6 Å². The molecule has 0 bridgehead atoms. The van der Waals surface area contributed by atoms with Gasteiger partial charge < -0.3 is 5.32 Å². The molecule has 2 aromatic rings. The molecule has 0 unspecified atom stereocenters. The van der Waals surface area contributed by atoms with E-state index < -0.39 is 11.8 Å². The monoisotopic (exact) mass is 337 g/mol. The van der Waals surface area contributed by atoms with Crippen molar-refractivity contribution in [3.05, 3.63) is 64.2 Å². The fourth-order valence-electron chi connectivity index (χ4n) is 2.20. The zero-order chi connectivity index (χ0) is 17.2. The summed E-state index contributed by atoms with van der Waals surface area (Å²) in [6.07, 6.45) is 0. The van der Waals surface area contributed by atoms with Gasteiger partial charge in [0, 0.05) is 28.8 Å². The Morgan fingerprint density at radius 1 is 1.17 bits per heavy atom. The number of hydrogen-bond donors (Lipinski definition) is 1. The first-order valence-corrected chi connectivity index (χ1v) is 7.65. The average molecular weight is 338 g/mol. The summed E-state index contributed by atoms with van der Waals surface area (Å²) in [5, 5.41) is 3.35. The number of nitrogens with one attached hydrogen (secondary N) is 1. The van der Waals surface area contributed by atoms with E-state index in [0.717, 1.165) is 12.5 Å². The number of halogens is 3. The van der Waals surface area contributed by atoms with Crippen molar-refractivity contribution in [1.82, 2.24) is 0 Å². The van der Waals surface area contributed by atoms with E-state index in [2.05, 4.69) is 5.32 Å². The van der Waals surface area contributed by atoms with Crippen LogP contribution in [0, 0.1) is 0 Å². The van der Waals surface area contributed by atoms with E-state index in [9.17, 15) is 13.6 Å². The average Bonchev–Trinajstić information content (AvgIpc) is 2.48. The molecule has 0 saturated carbocycles. The number of anilines is 1. The third kappa shape index (κ3) is 4.29. The maximum Gasteiger partial charge on any atom is 0.270 e. The lowest BCUT2D eigenvalue weighted by Gasteiger charge is -2.13. The number of rotatable bonds is 4. The maximum absolute atomic E-state index is 13.4. The minimum atomic E-state index is -2.98. The van der Waals surface area contributed by atoms with Gasteiger partial charge in [-0.15, -0.1) is 0 Å². The Bertz CT molecular complexity index is 723. The van der Waals surface area contributed by atoms with Crippen LogP contribution in [0.2, 0.25) is 5.02 Å². The molecule has 2 aromatic carbocycles. The Hall–Kier alpha value is -1.94. The molecule has 23 heavy (non-hydrogen) atoms. The van der Waals surface area contributed by atoms with Gasteiger partial charge in [0.05, 0.1) is 0 Å². The standard InChI is InChI=1S/C18H18ClF2NO/c1-11(2)15-10-14(7-8-16(15)19)22-17(23)12-5-4-6-13(9-12)18(3,20)21/h4-11H,1-3H3,(H,22,23). The van der Waals surface area contributed by atoms with Gasteiger partial charge in [0.15, 0.2) is 0 Å². The molecule has 2 nitrogen and oxygen atoms in total. The molecule has 0 radical (unpaired) electrons. The topological polar surface area (TPSA) is 29.1 Å². The van der Waals surface area contributed by atoms with Gasteiger partial charge in [-0.2, -0.15) is 0 Å². The minimum absolute atomic E-state index is 0.185. The van der Waals surface area contributed by atoms with E-state index in [1.54, 1.807) is 18.2 Å². The smallest absolute Gasteiger partial charge is 0.270 e. The molecular formula is C18H18ClF2NO. The number of carbonyl (C=O) groups excluding carboxylic acids is 1. The van der Waals surface area contributed by atoms with Crippen molar-refractivity contribution in [2.24, 2.45) is 0 Å². The molecular weight excluding hydrogens is 320 g/mol. The first kappa shape index (κ1) is 17.4. The van der Waals surface area contributed by atoms with Crippen LogP contribution in [0.3, 0.4) is 0 Å². The number of benzene rings is 2. The van der Waals surface area contributed by atoms with Gasteiger partial charge in [0.2, 0.25) is 0 Å². The fourth-order valence-corrected chi connectivity index (χ4v) is 2.54. The van der Waals surface area contributed by atoms with Crippen molar-refractivity contribution in [3.8, 4) is 0 Å². The van der Waals surface area contributed by atoms with Gasteiger partial charge in [-0.25, -0.2) is 8.78 Å². The third-order valence-corrected chi connectivity index (χ3v) is 3.85. The Kier molecular flexibility index (Phi) is 5.05. The summed E-state index contributed by atoms with van der Waals surface area (Å²) in [6.45, 7) is 4.80. The quantitative estimate of drug-likeness (QED) is 0.747. The highest BCUT2D eigenvalue weighted by molar-refractivity contribution is 6.31. The second-order valence-corrected chi connectivity index (χ2v) is 6.22. The first-order valence-electron chi connectivity index (χ1n) is 7.27. The molecule has 0 spiro atoms. The van der Waals surface area contributed by atoms with Crippen molar-refractivity contribution >= 4 is 23.2 Å². The molecule has 0 atom stereocenters. The molecule has 0 saturated heterocycles. The zero-order valence-electron chi connectivity index (χ0n) is 13.2.